The van der Waals surface area contributed by atoms with Crippen LogP contribution in [-0.4, -0.2) is 30.0 Å². The van der Waals surface area contributed by atoms with Gasteiger partial charge in [0.25, 0.3) is 0 Å². The Kier molecular flexibility index (Phi) is 5.51. The predicted molar refractivity (Wildman–Crippen MR) is 73.4 cm³/mol. The van der Waals surface area contributed by atoms with Crippen molar-refractivity contribution in [3.05, 3.63) is 24.3 Å². The molecule has 1 aromatic carbocycles. The minimum absolute atomic E-state index is 0.155. The molecule has 6 heteroatoms. The summed E-state index contributed by atoms with van der Waals surface area (Å²) in [6, 6.07) is 6.93. The topological polar surface area (TPSA) is 81.4 Å². The van der Waals surface area contributed by atoms with Crippen molar-refractivity contribution in [2.45, 2.75) is 12.2 Å². The normalized spacial score (nSPS) is 11.7. The molecule has 0 fully saturated rings. The lowest BCUT2D eigenvalue weighted by atomic mass is 10.3. The molecule has 0 aliphatic heterocycles. The molecular formula is C12H16N2O3S. The molecule has 1 aromatic rings. The summed E-state index contributed by atoms with van der Waals surface area (Å²) in [6.45, 7) is 1.73. The number of carbonyl (C=O) groups excluding carboxylic acids is 2. The van der Waals surface area contributed by atoms with Crippen LogP contribution >= 0.6 is 11.8 Å². The highest BCUT2D eigenvalue weighted by Gasteiger charge is 2.15. The van der Waals surface area contributed by atoms with Gasteiger partial charge in [-0.1, -0.05) is 6.07 Å². The van der Waals surface area contributed by atoms with Crippen LogP contribution < -0.4 is 11.1 Å². The van der Waals surface area contributed by atoms with E-state index in [2.05, 4.69) is 10.1 Å². The van der Waals surface area contributed by atoms with Gasteiger partial charge >= 0.3 is 5.97 Å². The zero-order valence-electron chi connectivity index (χ0n) is 10.3. The number of methoxy groups -OCH3 is 1. The Morgan fingerprint density at radius 3 is 2.83 bits per heavy atom. The van der Waals surface area contributed by atoms with Crippen molar-refractivity contribution in [1.29, 1.82) is 0 Å². The third-order valence-corrected chi connectivity index (χ3v) is 3.32. The van der Waals surface area contributed by atoms with Gasteiger partial charge in [-0.05, 0) is 25.1 Å². The summed E-state index contributed by atoms with van der Waals surface area (Å²) in [6.07, 6.45) is 0. The summed E-state index contributed by atoms with van der Waals surface area (Å²) in [5, 5.41) is 2.39. The van der Waals surface area contributed by atoms with Crippen molar-refractivity contribution in [2.24, 2.45) is 0 Å². The highest BCUT2D eigenvalue weighted by Crippen LogP contribution is 2.16. The maximum atomic E-state index is 11.8. The maximum absolute atomic E-state index is 11.8. The molecular weight excluding hydrogens is 252 g/mol. The van der Waals surface area contributed by atoms with Crippen molar-refractivity contribution in [3.63, 3.8) is 0 Å². The maximum Gasteiger partial charge on any atom is 0.315 e. The Hall–Kier alpha value is -1.69. The minimum Gasteiger partial charge on any atom is -0.468 e. The fourth-order valence-corrected chi connectivity index (χ4v) is 1.90. The van der Waals surface area contributed by atoms with Crippen LogP contribution in [0.15, 0.2) is 24.3 Å². The first-order valence-electron chi connectivity index (χ1n) is 5.37. The number of carbonyl (C=O) groups is 2. The van der Waals surface area contributed by atoms with Crippen LogP contribution in [0.1, 0.15) is 6.92 Å². The number of nitrogen functional groups attached to an aromatic ring is 1. The third-order valence-electron chi connectivity index (χ3n) is 2.20. The van der Waals surface area contributed by atoms with Crippen LogP contribution in [0.4, 0.5) is 11.4 Å². The quantitative estimate of drug-likeness (QED) is 0.625. The van der Waals surface area contributed by atoms with E-state index in [9.17, 15) is 9.59 Å². The molecule has 98 valence electrons. The summed E-state index contributed by atoms with van der Waals surface area (Å²) >= 11 is 1.22. The monoisotopic (exact) mass is 268 g/mol. The van der Waals surface area contributed by atoms with E-state index in [0.29, 0.717) is 11.4 Å². The van der Waals surface area contributed by atoms with Crippen LogP contribution in [0.25, 0.3) is 0 Å². The standard InChI is InChI=1S/C12H16N2O3S/c1-8(18-7-11(15)17-2)12(16)14-10-5-3-4-9(13)6-10/h3-6,8H,7,13H2,1-2H3,(H,14,16). The molecule has 3 N–H and O–H groups in total. The van der Waals surface area contributed by atoms with Crippen LogP contribution in [-0.2, 0) is 14.3 Å². The van der Waals surface area contributed by atoms with Gasteiger partial charge in [-0.15, -0.1) is 11.8 Å². The molecule has 18 heavy (non-hydrogen) atoms. The molecule has 0 spiro atoms. The van der Waals surface area contributed by atoms with Crippen molar-refractivity contribution < 1.29 is 14.3 Å². The number of ether oxygens (including phenoxy) is 1. The van der Waals surface area contributed by atoms with E-state index >= 15 is 0 Å². The zero-order valence-corrected chi connectivity index (χ0v) is 11.1. The number of anilines is 2. The van der Waals surface area contributed by atoms with Gasteiger partial charge in [-0.2, -0.15) is 0 Å². The van der Waals surface area contributed by atoms with E-state index < -0.39 is 0 Å². The number of rotatable bonds is 5. The van der Waals surface area contributed by atoms with Crippen molar-refractivity contribution in [2.75, 3.05) is 23.9 Å². The second-order valence-electron chi connectivity index (χ2n) is 3.64. The fraction of sp³-hybridized carbons (Fsp3) is 0.333. The summed E-state index contributed by atoms with van der Waals surface area (Å²) < 4.78 is 4.51. The largest absolute Gasteiger partial charge is 0.468 e. The number of hydrogen-bond donors (Lipinski definition) is 2. The molecule has 1 atom stereocenters. The summed E-state index contributed by atoms with van der Waals surface area (Å²) in [7, 11) is 1.32. The number of thioether (sulfide) groups is 1. The summed E-state index contributed by atoms with van der Waals surface area (Å²) in [4.78, 5) is 22.8. The molecule has 0 bridgehead atoms. The van der Waals surface area contributed by atoms with E-state index in [4.69, 9.17) is 5.73 Å². The first-order chi connectivity index (χ1) is 8.52. The van der Waals surface area contributed by atoms with Crippen LogP contribution in [0.3, 0.4) is 0 Å². The molecule has 1 unspecified atom stereocenters. The van der Waals surface area contributed by atoms with E-state index in [1.807, 2.05) is 0 Å². The van der Waals surface area contributed by atoms with E-state index in [1.165, 1.54) is 18.9 Å². The first kappa shape index (κ1) is 14.4. The van der Waals surface area contributed by atoms with Gasteiger partial charge in [0.2, 0.25) is 5.91 Å². The van der Waals surface area contributed by atoms with E-state index in [1.54, 1.807) is 31.2 Å². The Morgan fingerprint density at radius 1 is 1.50 bits per heavy atom. The summed E-state index contributed by atoms with van der Waals surface area (Å²) in [5.41, 5.74) is 6.84. The second-order valence-corrected chi connectivity index (χ2v) is 4.97. The first-order valence-corrected chi connectivity index (χ1v) is 6.42. The van der Waals surface area contributed by atoms with Gasteiger partial charge in [-0.25, -0.2) is 0 Å². The lowest BCUT2D eigenvalue weighted by Gasteiger charge is -2.11. The van der Waals surface area contributed by atoms with Gasteiger partial charge in [0.15, 0.2) is 0 Å². The van der Waals surface area contributed by atoms with Gasteiger partial charge < -0.3 is 15.8 Å². The molecule has 0 heterocycles. The number of hydrogen-bond acceptors (Lipinski definition) is 5. The van der Waals surface area contributed by atoms with Crippen LogP contribution in [0.5, 0.6) is 0 Å². The number of benzene rings is 1. The number of nitrogens with one attached hydrogen (secondary N) is 1. The Morgan fingerprint density at radius 2 is 2.22 bits per heavy atom. The number of amides is 1. The molecule has 0 saturated heterocycles. The highest BCUT2D eigenvalue weighted by atomic mass is 32.2. The van der Waals surface area contributed by atoms with Gasteiger partial charge in [0.05, 0.1) is 18.1 Å². The second kappa shape index (κ2) is 6.90. The van der Waals surface area contributed by atoms with Gasteiger partial charge in [-0.3, -0.25) is 9.59 Å². The average molecular weight is 268 g/mol. The van der Waals surface area contributed by atoms with E-state index in [-0.39, 0.29) is 22.9 Å². The average Bonchev–Trinajstić information content (AvgIpc) is 2.35. The smallest absolute Gasteiger partial charge is 0.315 e. The molecule has 5 nitrogen and oxygen atoms in total. The number of nitrogens with two attached hydrogens (primary N) is 1. The lowest BCUT2D eigenvalue weighted by molar-refractivity contribution is -0.137. The van der Waals surface area contributed by atoms with Gasteiger partial charge in [0, 0.05) is 11.4 Å². The third kappa shape index (κ3) is 4.67. The fourth-order valence-electron chi connectivity index (χ4n) is 1.19. The van der Waals surface area contributed by atoms with E-state index in [0.717, 1.165) is 0 Å². The minimum atomic E-state index is -0.344. The lowest BCUT2D eigenvalue weighted by Crippen LogP contribution is -2.23. The predicted octanol–water partition coefficient (Wildman–Crippen LogP) is 1.50. The van der Waals surface area contributed by atoms with Gasteiger partial charge in [0.1, 0.15) is 0 Å². The van der Waals surface area contributed by atoms with Crippen molar-refractivity contribution in [1.82, 2.24) is 0 Å². The van der Waals surface area contributed by atoms with Crippen molar-refractivity contribution in [3.8, 4) is 0 Å². The van der Waals surface area contributed by atoms with Crippen LogP contribution in [0.2, 0.25) is 0 Å². The Balaban J connectivity index is 2.47. The molecule has 0 aliphatic rings. The molecule has 0 aromatic heterocycles. The molecule has 0 saturated carbocycles. The molecule has 1 rings (SSSR count). The highest BCUT2D eigenvalue weighted by molar-refractivity contribution is 8.01. The Bertz CT molecular complexity index is 437. The molecule has 1 amide bonds. The van der Waals surface area contributed by atoms with Crippen LogP contribution in [0, 0.1) is 0 Å². The summed E-state index contributed by atoms with van der Waals surface area (Å²) in [5.74, 6) is -0.361. The van der Waals surface area contributed by atoms with Crippen molar-refractivity contribution >= 4 is 35.0 Å². The molecule has 0 radical (unpaired) electrons. The Labute approximate surface area is 110 Å². The SMILES string of the molecule is COC(=O)CSC(C)C(=O)Nc1cccc(N)c1. The molecule has 0 aliphatic carbocycles. The number of esters is 1. The zero-order chi connectivity index (χ0) is 13.5.